The van der Waals surface area contributed by atoms with Crippen LogP contribution < -0.4 is 31.9 Å². The van der Waals surface area contributed by atoms with Crippen LogP contribution in [0.25, 0.3) is 0 Å². The molecule has 2 heterocycles. The molecule has 100 heavy (non-hydrogen) atoms. The molecule has 11 atom stereocenters. The molecule has 2 saturated heterocycles. The van der Waals surface area contributed by atoms with Gasteiger partial charge < -0.3 is 66.2 Å². The summed E-state index contributed by atoms with van der Waals surface area (Å²) in [5, 5.41) is 16.7. The lowest BCUT2D eigenvalue weighted by atomic mass is 9.97. The smallest absolute Gasteiger partial charge is 0.245 e. The van der Waals surface area contributed by atoms with Gasteiger partial charge in [0.1, 0.15) is 66.5 Å². The van der Waals surface area contributed by atoms with Gasteiger partial charge in [0, 0.05) is 81.7 Å². The number of likely N-dealkylation sites (N-methyl/N-ethyl adjacent to an activating group) is 6. The molecule has 556 valence electrons. The fourth-order valence-corrected chi connectivity index (χ4v) is 12.7. The predicted molar refractivity (Wildman–Crippen MR) is 382 cm³/mol. The third-order valence-electron chi connectivity index (χ3n) is 19.1. The second-order valence-corrected chi connectivity index (χ2v) is 29.3. The molecule has 0 bridgehead atoms. The second kappa shape index (κ2) is 39.5. The van der Waals surface area contributed by atoms with Crippen LogP contribution in [0.5, 0.6) is 0 Å². The quantitative estimate of drug-likeness (QED) is 0.132. The number of hydrogen-bond donors (Lipinski definition) is 6. The van der Waals surface area contributed by atoms with Crippen molar-refractivity contribution >= 4 is 76.8 Å². The van der Waals surface area contributed by atoms with E-state index in [0.29, 0.717) is 37.1 Å². The van der Waals surface area contributed by atoms with Crippen LogP contribution in [0.3, 0.4) is 0 Å². The molecule has 2 aromatic rings. The monoisotopic (exact) mass is 1400 g/mol. The number of nitrogens with one attached hydrogen (secondary N) is 6. The first kappa shape index (κ1) is 84.0. The average molecular weight is 1400 g/mol. The van der Waals surface area contributed by atoms with Crippen molar-refractivity contribution in [1.29, 1.82) is 0 Å². The molecule has 26 nitrogen and oxygen atoms in total. The Labute approximate surface area is 593 Å². The van der Waals surface area contributed by atoms with Crippen LogP contribution in [0.4, 0.5) is 0 Å². The molecule has 0 unspecified atom stereocenters. The molecule has 6 N–H and O–H groups in total. The molecule has 0 saturated carbocycles. The van der Waals surface area contributed by atoms with E-state index in [1.54, 1.807) is 74.5 Å². The standard InChI is InChI=1S/C74H117N13O13/c1-44(2)37-54-70(96)85(18)59(42-52-31-25-21-26-32-52)67(93)79-55(41-51-29-23-20-24-30-51)71(97)86(19)60(40-47(7)8)73(99)81(14)49(11)68(94)83(16)57(38-45(3)4)65(91)76-53(33-34-61(88)75-13)64(90)77-56(72(98)87-35-27-22-28-36-87)43-62(89)80-63(48(9)10)74(100)82(15)50(12)69(95)84(17)58(39-46(5)6)66(92)78-54/h20-21,23-26,29-32,44-50,53-60,63H,22,27-28,33-43H2,1-19H3,(H,75,88)(H,76,91)(H,77,90)(H,78,92)(H,79,93)(H,80,89)/t49-,50-,53-,54-,55-,56-,57-,58-,59-,60-,63+/m0/s1. The molecule has 26 heteroatoms. The summed E-state index contributed by atoms with van der Waals surface area (Å²) in [6.45, 7) is 21.8. The molecule has 4 rings (SSSR count). The molecule has 0 aliphatic carbocycles. The highest BCUT2D eigenvalue weighted by atomic mass is 16.2. The van der Waals surface area contributed by atoms with E-state index in [1.165, 1.54) is 92.6 Å². The van der Waals surface area contributed by atoms with E-state index >= 15 is 19.2 Å². The average Bonchev–Trinajstić information content (AvgIpc) is 0.816. The van der Waals surface area contributed by atoms with Gasteiger partial charge in [-0.05, 0) is 106 Å². The van der Waals surface area contributed by atoms with Crippen molar-refractivity contribution in [2.75, 3.05) is 62.4 Å². The van der Waals surface area contributed by atoms with Crippen molar-refractivity contribution in [3.8, 4) is 0 Å². The summed E-state index contributed by atoms with van der Waals surface area (Å²) < 4.78 is 0. The lowest BCUT2D eigenvalue weighted by Crippen LogP contribution is -2.62. The summed E-state index contributed by atoms with van der Waals surface area (Å²) in [7, 11) is 9.94. The first-order valence-electron chi connectivity index (χ1n) is 35.6. The number of nitrogens with zero attached hydrogens (tertiary/aromatic N) is 7. The van der Waals surface area contributed by atoms with Crippen molar-refractivity contribution in [2.45, 2.75) is 227 Å². The first-order valence-corrected chi connectivity index (χ1v) is 35.6. The van der Waals surface area contributed by atoms with Gasteiger partial charge in [-0.2, -0.15) is 0 Å². The van der Waals surface area contributed by atoms with Gasteiger partial charge in [0.2, 0.25) is 76.8 Å². The van der Waals surface area contributed by atoms with Crippen LogP contribution in [0.1, 0.15) is 158 Å². The second-order valence-electron chi connectivity index (χ2n) is 29.3. The SMILES string of the molecule is CNC(=O)CC[C@@H]1NC(=O)[C@H](CC(C)C)N(C)C(=O)[C@H](C)N(C)C(=O)[C@H](CC(C)C)N(C)C(=O)[C@H](Cc2ccccc2)NC(=O)[C@H](Cc2ccccc2)N(C)C(=O)[C@H](CC(C)C)NC(=O)[C@H](CC(C)C)N(C)C(=O)[C@H](C)N(C)C(=O)[C@@H](C(C)C)NC(=O)C[C@@H](C(=O)N2CCCCC2)NC1=O. The van der Waals surface area contributed by atoms with Crippen molar-refractivity contribution in [3.05, 3.63) is 71.8 Å². The Morgan fingerprint density at radius 1 is 0.440 bits per heavy atom. The largest absolute Gasteiger partial charge is 0.359 e. The van der Waals surface area contributed by atoms with Gasteiger partial charge in [-0.3, -0.25) is 62.3 Å². The molecule has 13 amide bonds. The number of piperidine rings is 1. The number of hydrogen-bond acceptors (Lipinski definition) is 13. The van der Waals surface area contributed by atoms with Crippen LogP contribution in [0.2, 0.25) is 0 Å². The summed E-state index contributed by atoms with van der Waals surface area (Å²) in [5.41, 5.74) is 1.32. The molecular weight excluding hydrogens is 1280 g/mol. The van der Waals surface area contributed by atoms with Crippen LogP contribution in [0.15, 0.2) is 60.7 Å². The fraction of sp³-hybridized carbons (Fsp3) is 0.662. The Morgan fingerprint density at radius 3 is 1.32 bits per heavy atom. The Morgan fingerprint density at radius 2 is 0.850 bits per heavy atom. The highest BCUT2D eigenvalue weighted by Gasteiger charge is 2.44. The zero-order valence-corrected chi connectivity index (χ0v) is 62.8. The van der Waals surface area contributed by atoms with Crippen molar-refractivity contribution in [3.63, 3.8) is 0 Å². The Hall–Kier alpha value is -8.45. The summed E-state index contributed by atoms with van der Waals surface area (Å²) in [4.78, 5) is 201. The normalized spacial score (nSPS) is 25.3. The Bertz CT molecular complexity index is 3120. The summed E-state index contributed by atoms with van der Waals surface area (Å²) in [6.07, 6.45) is 1.19. The Balaban J connectivity index is 1.98. The number of carbonyl (C=O) groups excluding carboxylic acids is 13. The summed E-state index contributed by atoms with van der Waals surface area (Å²) in [5.74, 6) is -10.4. The van der Waals surface area contributed by atoms with Gasteiger partial charge in [-0.25, -0.2) is 0 Å². The maximum Gasteiger partial charge on any atom is 0.245 e. The maximum atomic E-state index is 15.5. The topological polar surface area (TPSA) is 317 Å². The van der Waals surface area contributed by atoms with E-state index in [-0.39, 0.29) is 75.0 Å². The summed E-state index contributed by atoms with van der Waals surface area (Å²) in [6, 6.07) is 3.45. The predicted octanol–water partition coefficient (Wildman–Crippen LogP) is 3.68. The minimum absolute atomic E-state index is 0.0378. The third-order valence-corrected chi connectivity index (χ3v) is 19.1. The van der Waals surface area contributed by atoms with E-state index in [1.807, 2.05) is 55.4 Å². The zero-order valence-electron chi connectivity index (χ0n) is 62.8. The molecule has 0 spiro atoms. The lowest BCUT2D eigenvalue weighted by molar-refractivity contribution is -0.152. The molecular formula is C74H117N13O13. The van der Waals surface area contributed by atoms with E-state index in [0.717, 1.165) is 11.3 Å². The number of benzene rings is 2. The summed E-state index contributed by atoms with van der Waals surface area (Å²) >= 11 is 0. The maximum absolute atomic E-state index is 15.5. The van der Waals surface area contributed by atoms with E-state index in [9.17, 15) is 43.2 Å². The lowest BCUT2D eigenvalue weighted by Gasteiger charge is -2.38. The van der Waals surface area contributed by atoms with E-state index in [2.05, 4.69) is 31.9 Å². The highest BCUT2D eigenvalue weighted by molar-refractivity contribution is 6.00. The highest BCUT2D eigenvalue weighted by Crippen LogP contribution is 2.24. The number of amides is 13. The van der Waals surface area contributed by atoms with Crippen LogP contribution >= 0.6 is 0 Å². The minimum Gasteiger partial charge on any atom is -0.359 e. The molecule has 2 aliphatic rings. The zero-order chi connectivity index (χ0) is 75.2. The first-order chi connectivity index (χ1) is 46.9. The number of carbonyl (C=O) groups is 13. The number of rotatable bonds is 17. The van der Waals surface area contributed by atoms with Gasteiger partial charge in [-0.1, -0.05) is 130 Å². The van der Waals surface area contributed by atoms with Crippen molar-refractivity contribution in [2.24, 2.45) is 29.6 Å². The van der Waals surface area contributed by atoms with Gasteiger partial charge in [0.05, 0.1) is 6.42 Å². The molecule has 2 aliphatic heterocycles. The molecule has 0 aromatic heterocycles. The van der Waals surface area contributed by atoms with Crippen molar-refractivity contribution < 1.29 is 62.3 Å². The number of likely N-dealkylation sites (tertiary alicyclic amines) is 1. The van der Waals surface area contributed by atoms with Crippen LogP contribution in [-0.4, -0.2) is 240 Å². The Kier molecular flexibility index (Phi) is 33.2. The van der Waals surface area contributed by atoms with Gasteiger partial charge in [0.15, 0.2) is 0 Å². The molecule has 2 fully saturated rings. The van der Waals surface area contributed by atoms with E-state index in [4.69, 9.17) is 0 Å². The van der Waals surface area contributed by atoms with Gasteiger partial charge >= 0.3 is 0 Å². The van der Waals surface area contributed by atoms with Gasteiger partial charge in [-0.15, -0.1) is 0 Å². The fourth-order valence-electron chi connectivity index (χ4n) is 12.7. The molecule has 0 radical (unpaired) electrons. The van der Waals surface area contributed by atoms with Gasteiger partial charge in [0.25, 0.3) is 0 Å². The molecule has 2 aromatic carbocycles. The minimum atomic E-state index is -1.55. The van der Waals surface area contributed by atoms with Crippen LogP contribution in [0, 0.1) is 29.6 Å². The van der Waals surface area contributed by atoms with E-state index < -0.39 is 156 Å². The van der Waals surface area contributed by atoms with Crippen molar-refractivity contribution in [1.82, 2.24) is 66.2 Å². The van der Waals surface area contributed by atoms with Crippen LogP contribution in [-0.2, 0) is 75.2 Å². The third kappa shape index (κ3) is 24.1.